The molecule has 0 radical (unpaired) electrons. The molecule has 1 atom stereocenters. The third kappa shape index (κ3) is 3.09. The van der Waals surface area contributed by atoms with E-state index in [0.717, 1.165) is 25.3 Å². The second-order valence-electron chi connectivity index (χ2n) is 6.17. The number of ether oxygens (including phenoxy) is 1. The third-order valence-electron chi connectivity index (χ3n) is 4.34. The maximum atomic E-state index is 5.76. The van der Waals surface area contributed by atoms with Crippen molar-refractivity contribution in [3.63, 3.8) is 0 Å². The van der Waals surface area contributed by atoms with Crippen LogP contribution in [-0.2, 0) is 6.54 Å². The van der Waals surface area contributed by atoms with Crippen molar-refractivity contribution in [1.29, 1.82) is 0 Å². The fourth-order valence-corrected chi connectivity index (χ4v) is 3.08. The van der Waals surface area contributed by atoms with Crippen LogP contribution in [0.3, 0.4) is 0 Å². The van der Waals surface area contributed by atoms with Crippen molar-refractivity contribution in [2.45, 2.75) is 19.0 Å². The van der Waals surface area contributed by atoms with Gasteiger partial charge in [0.25, 0.3) is 0 Å². The van der Waals surface area contributed by atoms with Crippen molar-refractivity contribution in [3.05, 3.63) is 59.7 Å². The highest BCUT2D eigenvalue weighted by Gasteiger charge is 2.24. The molecule has 1 heterocycles. The molecular weight excluding hydrogens is 272 g/mol. The molecule has 0 spiro atoms. The first-order valence-electron chi connectivity index (χ1n) is 7.83. The van der Waals surface area contributed by atoms with Crippen molar-refractivity contribution >= 4 is 5.69 Å². The zero-order valence-electron chi connectivity index (χ0n) is 13.6. The van der Waals surface area contributed by atoms with E-state index in [2.05, 4.69) is 73.4 Å². The zero-order valence-corrected chi connectivity index (χ0v) is 13.6. The average molecular weight is 296 g/mol. The van der Waals surface area contributed by atoms with Crippen molar-refractivity contribution < 1.29 is 4.74 Å². The topological polar surface area (TPSA) is 15.7 Å². The zero-order chi connectivity index (χ0) is 15.5. The van der Waals surface area contributed by atoms with E-state index in [9.17, 15) is 0 Å². The predicted octanol–water partition coefficient (Wildman–Crippen LogP) is 3.71. The van der Waals surface area contributed by atoms with Gasteiger partial charge in [-0.2, -0.15) is 0 Å². The van der Waals surface area contributed by atoms with E-state index in [1.54, 1.807) is 0 Å². The molecule has 1 unspecified atom stereocenters. The maximum Gasteiger partial charge on any atom is 0.124 e. The van der Waals surface area contributed by atoms with E-state index in [1.807, 2.05) is 6.07 Å². The van der Waals surface area contributed by atoms with Crippen LogP contribution in [0.5, 0.6) is 5.75 Å². The number of rotatable bonds is 4. The first-order chi connectivity index (χ1) is 10.6. The summed E-state index contributed by atoms with van der Waals surface area (Å²) in [5, 5.41) is 0. The standard InChI is InChI=1S/C19H24N2O/c1-20(2)16-10-8-15(9-11-16)14-21(3)18-12-13-22-19-7-5-4-6-17(18)19/h4-11,18H,12-14H2,1-3H3. The molecule has 3 nitrogen and oxygen atoms in total. The average Bonchev–Trinajstić information content (AvgIpc) is 2.54. The highest BCUT2D eigenvalue weighted by molar-refractivity contribution is 5.46. The van der Waals surface area contributed by atoms with Crippen LogP contribution in [0.15, 0.2) is 48.5 Å². The van der Waals surface area contributed by atoms with Gasteiger partial charge in [-0.25, -0.2) is 0 Å². The van der Waals surface area contributed by atoms with E-state index in [-0.39, 0.29) is 0 Å². The lowest BCUT2D eigenvalue weighted by Crippen LogP contribution is -2.29. The molecule has 0 saturated heterocycles. The fourth-order valence-electron chi connectivity index (χ4n) is 3.08. The van der Waals surface area contributed by atoms with Gasteiger partial charge >= 0.3 is 0 Å². The van der Waals surface area contributed by atoms with Crippen molar-refractivity contribution in [2.24, 2.45) is 0 Å². The Kier molecular flexibility index (Phi) is 4.34. The van der Waals surface area contributed by atoms with Gasteiger partial charge in [0.1, 0.15) is 5.75 Å². The van der Waals surface area contributed by atoms with Crippen molar-refractivity contribution in [3.8, 4) is 5.75 Å². The van der Waals surface area contributed by atoms with Gasteiger partial charge in [0.05, 0.1) is 6.61 Å². The Hall–Kier alpha value is -2.00. The van der Waals surface area contributed by atoms with E-state index in [1.165, 1.54) is 16.8 Å². The molecule has 0 bridgehead atoms. The van der Waals surface area contributed by atoms with E-state index >= 15 is 0 Å². The Morgan fingerprint density at radius 1 is 1.00 bits per heavy atom. The minimum absolute atomic E-state index is 0.429. The Bertz CT molecular complexity index is 622. The molecular formula is C19H24N2O. The largest absolute Gasteiger partial charge is 0.493 e. The third-order valence-corrected chi connectivity index (χ3v) is 4.34. The number of benzene rings is 2. The number of fused-ring (bicyclic) bond motifs is 1. The second-order valence-corrected chi connectivity index (χ2v) is 6.17. The lowest BCUT2D eigenvalue weighted by Gasteiger charge is -2.33. The molecule has 2 aromatic carbocycles. The summed E-state index contributed by atoms with van der Waals surface area (Å²) in [7, 11) is 6.34. The number of nitrogens with zero attached hydrogens (tertiary/aromatic N) is 2. The Labute approximate surface area is 133 Å². The normalized spacial score (nSPS) is 17.0. The smallest absolute Gasteiger partial charge is 0.124 e. The lowest BCUT2D eigenvalue weighted by molar-refractivity contribution is 0.161. The summed E-state index contributed by atoms with van der Waals surface area (Å²) in [5.41, 5.74) is 3.89. The number of anilines is 1. The maximum absolute atomic E-state index is 5.76. The van der Waals surface area contributed by atoms with E-state index in [0.29, 0.717) is 6.04 Å². The fraction of sp³-hybridized carbons (Fsp3) is 0.368. The molecule has 22 heavy (non-hydrogen) atoms. The molecule has 0 aromatic heterocycles. The van der Waals surface area contributed by atoms with Gasteiger partial charge in [-0.05, 0) is 30.8 Å². The SMILES string of the molecule is CN(C)c1ccc(CN(C)C2CCOc3ccccc32)cc1. The lowest BCUT2D eigenvalue weighted by atomic mass is 9.99. The Balaban J connectivity index is 1.73. The van der Waals surface area contributed by atoms with Crippen molar-refractivity contribution in [2.75, 3.05) is 32.6 Å². The van der Waals surface area contributed by atoms with E-state index in [4.69, 9.17) is 4.74 Å². The minimum Gasteiger partial charge on any atom is -0.493 e. The summed E-state index contributed by atoms with van der Waals surface area (Å²) in [6.45, 7) is 1.75. The van der Waals surface area contributed by atoms with Gasteiger partial charge in [0.2, 0.25) is 0 Å². The molecule has 116 valence electrons. The molecule has 0 aliphatic carbocycles. The summed E-state index contributed by atoms with van der Waals surface area (Å²) in [6, 6.07) is 17.6. The summed E-state index contributed by atoms with van der Waals surface area (Å²) in [5.74, 6) is 1.04. The molecule has 1 aliphatic rings. The van der Waals surface area contributed by atoms with Crippen LogP contribution < -0.4 is 9.64 Å². The van der Waals surface area contributed by atoms with Crippen LogP contribution in [0, 0.1) is 0 Å². The van der Waals surface area contributed by atoms with Gasteiger partial charge in [0, 0.05) is 44.4 Å². The van der Waals surface area contributed by atoms with Gasteiger partial charge < -0.3 is 9.64 Å². The van der Waals surface area contributed by atoms with E-state index < -0.39 is 0 Å². The first-order valence-corrected chi connectivity index (χ1v) is 7.83. The number of para-hydroxylation sites is 1. The highest BCUT2D eigenvalue weighted by atomic mass is 16.5. The first kappa shape index (κ1) is 14.9. The highest BCUT2D eigenvalue weighted by Crippen LogP contribution is 2.35. The van der Waals surface area contributed by atoms with Gasteiger partial charge in [-0.3, -0.25) is 4.90 Å². The molecule has 3 heteroatoms. The Morgan fingerprint density at radius 2 is 1.73 bits per heavy atom. The monoisotopic (exact) mass is 296 g/mol. The summed E-state index contributed by atoms with van der Waals surface area (Å²) < 4.78 is 5.76. The molecule has 0 saturated carbocycles. The molecule has 0 fully saturated rings. The molecule has 2 aromatic rings. The quantitative estimate of drug-likeness (QED) is 0.855. The molecule has 0 amide bonds. The summed E-state index contributed by atoms with van der Waals surface area (Å²) >= 11 is 0. The number of hydrogen-bond acceptors (Lipinski definition) is 3. The summed E-state index contributed by atoms with van der Waals surface area (Å²) in [6.07, 6.45) is 1.04. The molecule has 1 aliphatic heterocycles. The summed E-state index contributed by atoms with van der Waals surface area (Å²) in [4.78, 5) is 4.55. The van der Waals surface area contributed by atoms with Crippen molar-refractivity contribution in [1.82, 2.24) is 4.90 Å². The van der Waals surface area contributed by atoms with Gasteiger partial charge in [0.15, 0.2) is 0 Å². The van der Waals surface area contributed by atoms with Crippen LogP contribution in [0.25, 0.3) is 0 Å². The van der Waals surface area contributed by atoms with Crippen LogP contribution in [0.1, 0.15) is 23.6 Å². The Morgan fingerprint density at radius 3 is 2.45 bits per heavy atom. The number of hydrogen-bond donors (Lipinski definition) is 0. The molecule has 0 N–H and O–H groups in total. The van der Waals surface area contributed by atoms with Crippen LogP contribution in [0.4, 0.5) is 5.69 Å². The van der Waals surface area contributed by atoms with Crippen LogP contribution in [0.2, 0.25) is 0 Å². The molecule has 3 rings (SSSR count). The van der Waals surface area contributed by atoms with Gasteiger partial charge in [-0.1, -0.05) is 30.3 Å². The van der Waals surface area contributed by atoms with Crippen LogP contribution in [-0.4, -0.2) is 32.6 Å². The minimum atomic E-state index is 0.429. The predicted molar refractivity (Wildman–Crippen MR) is 91.5 cm³/mol. The second kappa shape index (κ2) is 6.41. The van der Waals surface area contributed by atoms with Gasteiger partial charge in [-0.15, -0.1) is 0 Å². The van der Waals surface area contributed by atoms with Crippen LogP contribution >= 0.6 is 0 Å².